The number of anilines is 1. The molecule has 1 N–H and O–H groups in total. The second-order valence-electron chi connectivity index (χ2n) is 7.19. The molecule has 3 aromatic rings. The lowest BCUT2D eigenvalue weighted by molar-refractivity contribution is -0.121. The summed E-state index contributed by atoms with van der Waals surface area (Å²) < 4.78 is 11.3. The summed E-state index contributed by atoms with van der Waals surface area (Å²) in [5, 5.41) is 15.6. The van der Waals surface area contributed by atoms with Gasteiger partial charge in [-0.25, -0.2) is 0 Å². The number of carbonyl (C=O) groups excluding carboxylic acids is 1. The maximum atomic E-state index is 13.0. The van der Waals surface area contributed by atoms with Crippen molar-refractivity contribution in [2.45, 2.75) is 26.3 Å². The summed E-state index contributed by atoms with van der Waals surface area (Å²) in [5.41, 5.74) is 1.48. The Morgan fingerprint density at radius 1 is 1.07 bits per heavy atom. The molecule has 150 valence electrons. The van der Waals surface area contributed by atoms with Crippen LogP contribution in [0.1, 0.15) is 26.3 Å². The number of nitrogens with zero attached hydrogens (tertiary/aromatic N) is 4. The van der Waals surface area contributed by atoms with Crippen molar-refractivity contribution in [2.75, 3.05) is 18.5 Å². The van der Waals surface area contributed by atoms with Gasteiger partial charge >= 0.3 is 0 Å². The third-order valence-electron chi connectivity index (χ3n) is 4.62. The van der Waals surface area contributed by atoms with Gasteiger partial charge in [0, 0.05) is 23.7 Å². The highest BCUT2D eigenvalue weighted by atomic mass is 16.5. The molecule has 1 atom stereocenters. The van der Waals surface area contributed by atoms with Crippen molar-refractivity contribution in [3.8, 4) is 22.9 Å². The van der Waals surface area contributed by atoms with E-state index in [-0.39, 0.29) is 11.8 Å². The minimum atomic E-state index is -0.601. The summed E-state index contributed by atoms with van der Waals surface area (Å²) in [5.74, 6) is 1.55. The largest absolute Gasteiger partial charge is 0.490 e. The Labute approximate surface area is 168 Å². The molecule has 0 saturated heterocycles. The van der Waals surface area contributed by atoms with Crippen LogP contribution in [0.5, 0.6) is 11.5 Å². The molecule has 4 rings (SSSR count). The molecule has 0 radical (unpaired) electrons. The van der Waals surface area contributed by atoms with E-state index in [1.165, 1.54) is 4.80 Å². The third kappa shape index (κ3) is 4.21. The molecular weight excluding hydrogens is 370 g/mol. The molecule has 29 heavy (non-hydrogen) atoms. The number of fused-ring (bicyclic) bond motifs is 1. The smallest absolute Gasteiger partial charge is 0.251 e. The number of aromatic nitrogens is 4. The fourth-order valence-electron chi connectivity index (χ4n) is 3.18. The van der Waals surface area contributed by atoms with Gasteiger partial charge in [0.05, 0.1) is 13.2 Å². The lowest BCUT2D eigenvalue weighted by Gasteiger charge is -2.19. The Balaban J connectivity index is 1.54. The minimum Gasteiger partial charge on any atom is -0.490 e. The minimum absolute atomic E-state index is 0.0340. The maximum Gasteiger partial charge on any atom is 0.251 e. The highest BCUT2D eigenvalue weighted by Crippen LogP contribution is 2.32. The van der Waals surface area contributed by atoms with Gasteiger partial charge < -0.3 is 14.8 Å². The van der Waals surface area contributed by atoms with E-state index in [9.17, 15) is 4.79 Å². The summed E-state index contributed by atoms with van der Waals surface area (Å²) in [6.07, 6.45) is 0.827. The molecule has 0 bridgehead atoms. The molecule has 2 aromatic carbocycles. The fraction of sp³-hybridized carbons (Fsp3) is 0.333. The van der Waals surface area contributed by atoms with Crippen molar-refractivity contribution in [3.05, 3.63) is 48.5 Å². The first-order valence-corrected chi connectivity index (χ1v) is 9.67. The Kier molecular flexibility index (Phi) is 5.41. The first kappa shape index (κ1) is 18.9. The number of rotatable bonds is 5. The molecule has 0 aliphatic carbocycles. The lowest BCUT2D eigenvalue weighted by atomic mass is 10.0. The Hall–Kier alpha value is -3.42. The van der Waals surface area contributed by atoms with E-state index in [4.69, 9.17) is 9.47 Å². The Morgan fingerprint density at radius 3 is 2.59 bits per heavy atom. The van der Waals surface area contributed by atoms with Crippen LogP contribution >= 0.6 is 0 Å². The second-order valence-corrected chi connectivity index (χ2v) is 7.19. The van der Waals surface area contributed by atoms with Gasteiger partial charge in [0.1, 0.15) is 0 Å². The van der Waals surface area contributed by atoms with Crippen LogP contribution in [-0.2, 0) is 4.79 Å². The number of nitrogens with one attached hydrogen (secondary N) is 1. The van der Waals surface area contributed by atoms with Gasteiger partial charge in [0.2, 0.25) is 5.82 Å². The number of amides is 1. The van der Waals surface area contributed by atoms with E-state index in [0.717, 1.165) is 12.0 Å². The van der Waals surface area contributed by atoms with Crippen molar-refractivity contribution >= 4 is 11.6 Å². The third-order valence-corrected chi connectivity index (χ3v) is 4.62. The van der Waals surface area contributed by atoms with Crippen molar-refractivity contribution in [1.29, 1.82) is 0 Å². The molecular formula is C21H23N5O3. The molecule has 1 aliphatic rings. The summed E-state index contributed by atoms with van der Waals surface area (Å²) in [7, 11) is 0. The van der Waals surface area contributed by atoms with E-state index < -0.39 is 6.04 Å². The van der Waals surface area contributed by atoms with Gasteiger partial charge in [0.25, 0.3) is 5.91 Å². The van der Waals surface area contributed by atoms with Crippen molar-refractivity contribution in [3.63, 3.8) is 0 Å². The van der Waals surface area contributed by atoms with Gasteiger partial charge in [-0.2, -0.15) is 4.80 Å². The summed E-state index contributed by atoms with van der Waals surface area (Å²) in [4.78, 5) is 14.4. The van der Waals surface area contributed by atoms with Crippen molar-refractivity contribution in [1.82, 2.24) is 20.2 Å². The van der Waals surface area contributed by atoms with Gasteiger partial charge in [-0.1, -0.05) is 44.2 Å². The number of hydrogen-bond acceptors (Lipinski definition) is 6. The average Bonchev–Trinajstić information content (AvgIpc) is 3.06. The second kappa shape index (κ2) is 8.30. The van der Waals surface area contributed by atoms with Crippen LogP contribution in [0.4, 0.5) is 5.69 Å². The SMILES string of the molecule is CC(C)C(C(=O)Nc1ccc2c(c1)OCCCO2)n1nnc(-c2ccccc2)n1. The number of tetrazole rings is 1. The van der Waals surface area contributed by atoms with Gasteiger partial charge in [-0.05, 0) is 23.3 Å². The van der Waals surface area contributed by atoms with E-state index in [1.807, 2.05) is 50.2 Å². The highest BCUT2D eigenvalue weighted by molar-refractivity contribution is 5.94. The molecule has 1 aromatic heterocycles. The molecule has 0 spiro atoms. The molecule has 8 nitrogen and oxygen atoms in total. The molecule has 0 saturated carbocycles. The monoisotopic (exact) mass is 393 g/mol. The van der Waals surface area contributed by atoms with Gasteiger partial charge in [-0.15, -0.1) is 10.2 Å². The predicted octanol–water partition coefficient (Wildman–Crippen LogP) is 3.34. The molecule has 1 aliphatic heterocycles. The molecule has 1 unspecified atom stereocenters. The zero-order valence-corrected chi connectivity index (χ0v) is 16.4. The van der Waals surface area contributed by atoms with Gasteiger partial charge in [-0.3, -0.25) is 4.79 Å². The van der Waals surface area contributed by atoms with Gasteiger partial charge in [0.15, 0.2) is 17.5 Å². The summed E-state index contributed by atoms with van der Waals surface area (Å²) in [6, 6.07) is 14.3. The van der Waals surface area contributed by atoms with Crippen molar-refractivity contribution < 1.29 is 14.3 Å². The number of hydrogen-bond donors (Lipinski definition) is 1. The number of carbonyl (C=O) groups is 1. The normalized spacial score (nSPS) is 14.3. The van der Waals surface area contributed by atoms with Crippen molar-refractivity contribution in [2.24, 2.45) is 5.92 Å². The lowest BCUT2D eigenvalue weighted by Crippen LogP contribution is -2.31. The van der Waals surface area contributed by atoms with E-state index in [1.54, 1.807) is 12.1 Å². The highest BCUT2D eigenvalue weighted by Gasteiger charge is 2.27. The average molecular weight is 393 g/mol. The Bertz CT molecular complexity index is 987. The quantitative estimate of drug-likeness (QED) is 0.715. The molecule has 2 heterocycles. The van der Waals surface area contributed by atoms with E-state index >= 15 is 0 Å². The van der Waals surface area contributed by atoms with E-state index in [0.29, 0.717) is 36.2 Å². The van der Waals surface area contributed by atoms with Crippen LogP contribution in [0.3, 0.4) is 0 Å². The predicted molar refractivity (Wildman–Crippen MR) is 108 cm³/mol. The number of ether oxygens (including phenoxy) is 2. The van der Waals surface area contributed by atoms with Crippen LogP contribution in [-0.4, -0.2) is 39.3 Å². The first-order valence-electron chi connectivity index (χ1n) is 9.67. The van der Waals surface area contributed by atoms with Crippen LogP contribution in [0.15, 0.2) is 48.5 Å². The molecule has 1 amide bonds. The van der Waals surface area contributed by atoms with Crippen LogP contribution in [0.25, 0.3) is 11.4 Å². The van der Waals surface area contributed by atoms with E-state index in [2.05, 4.69) is 20.7 Å². The Morgan fingerprint density at radius 2 is 1.83 bits per heavy atom. The molecule has 0 fully saturated rings. The molecule has 8 heteroatoms. The topological polar surface area (TPSA) is 91.2 Å². The van der Waals surface area contributed by atoms with Crippen LogP contribution in [0.2, 0.25) is 0 Å². The fourth-order valence-corrected chi connectivity index (χ4v) is 3.18. The summed E-state index contributed by atoms with van der Waals surface area (Å²) >= 11 is 0. The maximum absolute atomic E-state index is 13.0. The first-order chi connectivity index (χ1) is 14.1. The zero-order chi connectivity index (χ0) is 20.2. The standard InChI is InChI=1S/C21H23N5O3/c1-14(2)19(26-24-20(23-25-26)15-7-4-3-5-8-15)21(27)22-16-9-10-17-18(13-16)29-12-6-11-28-17/h3-5,7-10,13-14,19H,6,11-12H2,1-2H3,(H,22,27). The van der Waals surface area contributed by atoms with Crippen LogP contribution < -0.4 is 14.8 Å². The summed E-state index contributed by atoms with van der Waals surface area (Å²) in [6.45, 7) is 5.10. The van der Waals surface area contributed by atoms with Crippen LogP contribution in [0, 0.1) is 5.92 Å². The number of benzene rings is 2. The zero-order valence-electron chi connectivity index (χ0n) is 16.4.